The highest BCUT2D eigenvalue weighted by atomic mass is 16.5. The number of nitrogens with one attached hydrogen (secondary N) is 2. The van der Waals surface area contributed by atoms with Gasteiger partial charge in [0, 0.05) is 17.4 Å². The highest BCUT2D eigenvalue weighted by molar-refractivity contribution is 5.91. The predicted octanol–water partition coefficient (Wildman–Crippen LogP) is 2.25. The number of amides is 1. The standard InChI is InChI=1S/C17H26N6O2/c1-11-9-13(22-25-11)18-15(24)12-5-7-23(8-6-12)10-14-19-16(21-20-14)17(2,3)4/h9,12H,5-8,10H2,1-4H3,(H,18,22,24)(H,19,20,21). The van der Waals surface area contributed by atoms with Gasteiger partial charge in [-0.15, -0.1) is 0 Å². The molecule has 3 heterocycles. The lowest BCUT2D eigenvalue weighted by atomic mass is 9.96. The van der Waals surface area contributed by atoms with Crippen LogP contribution in [0.5, 0.6) is 0 Å². The first-order valence-corrected chi connectivity index (χ1v) is 8.69. The molecule has 0 atom stereocenters. The number of likely N-dealkylation sites (tertiary alicyclic amines) is 1. The maximum absolute atomic E-state index is 12.3. The highest BCUT2D eigenvalue weighted by Crippen LogP contribution is 2.21. The number of anilines is 1. The van der Waals surface area contributed by atoms with Crippen LogP contribution in [-0.4, -0.2) is 44.2 Å². The second-order valence-corrected chi connectivity index (χ2v) is 7.72. The summed E-state index contributed by atoms with van der Waals surface area (Å²) in [5.41, 5.74) is -0.0562. The summed E-state index contributed by atoms with van der Waals surface area (Å²) in [5.74, 6) is 2.91. The molecule has 0 radical (unpaired) electrons. The van der Waals surface area contributed by atoms with Crippen molar-refractivity contribution >= 4 is 11.7 Å². The van der Waals surface area contributed by atoms with Crippen molar-refractivity contribution in [2.75, 3.05) is 18.4 Å². The third-order valence-electron chi connectivity index (χ3n) is 4.41. The first kappa shape index (κ1) is 17.6. The zero-order valence-electron chi connectivity index (χ0n) is 15.3. The van der Waals surface area contributed by atoms with E-state index in [1.54, 1.807) is 13.0 Å². The number of H-pyrrole nitrogens is 1. The van der Waals surface area contributed by atoms with E-state index in [-0.39, 0.29) is 17.2 Å². The molecule has 0 aromatic carbocycles. The van der Waals surface area contributed by atoms with E-state index in [1.807, 2.05) is 0 Å². The topological polar surface area (TPSA) is 99.9 Å². The molecule has 3 rings (SSSR count). The van der Waals surface area contributed by atoms with Crippen LogP contribution in [0.2, 0.25) is 0 Å². The van der Waals surface area contributed by atoms with Gasteiger partial charge in [0.25, 0.3) is 0 Å². The Kier molecular flexibility index (Phi) is 4.89. The van der Waals surface area contributed by atoms with Crippen LogP contribution in [0.25, 0.3) is 0 Å². The van der Waals surface area contributed by atoms with E-state index in [0.717, 1.165) is 44.1 Å². The van der Waals surface area contributed by atoms with Crippen LogP contribution in [0.15, 0.2) is 10.6 Å². The van der Waals surface area contributed by atoms with Gasteiger partial charge in [0.05, 0.1) is 6.54 Å². The maximum Gasteiger partial charge on any atom is 0.228 e. The van der Waals surface area contributed by atoms with Crippen molar-refractivity contribution in [3.8, 4) is 0 Å². The zero-order chi connectivity index (χ0) is 18.0. The maximum atomic E-state index is 12.3. The second kappa shape index (κ2) is 6.95. The largest absolute Gasteiger partial charge is 0.360 e. The number of hydrogen-bond acceptors (Lipinski definition) is 6. The molecule has 2 N–H and O–H groups in total. The van der Waals surface area contributed by atoms with E-state index >= 15 is 0 Å². The van der Waals surface area contributed by atoms with E-state index in [4.69, 9.17) is 4.52 Å². The molecule has 0 aliphatic carbocycles. The lowest BCUT2D eigenvalue weighted by Gasteiger charge is -2.30. The normalized spacial score (nSPS) is 17.0. The summed E-state index contributed by atoms with van der Waals surface area (Å²) in [6.45, 7) is 10.6. The monoisotopic (exact) mass is 346 g/mol. The van der Waals surface area contributed by atoms with Crippen LogP contribution < -0.4 is 5.32 Å². The Morgan fingerprint density at radius 2 is 2.12 bits per heavy atom. The third-order valence-corrected chi connectivity index (χ3v) is 4.41. The van der Waals surface area contributed by atoms with Gasteiger partial charge in [0.1, 0.15) is 11.6 Å². The Balaban J connectivity index is 1.48. The van der Waals surface area contributed by atoms with Crippen molar-refractivity contribution in [1.82, 2.24) is 25.2 Å². The molecule has 25 heavy (non-hydrogen) atoms. The fraction of sp³-hybridized carbons (Fsp3) is 0.647. The average molecular weight is 346 g/mol. The summed E-state index contributed by atoms with van der Waals surface area (Å²) >= 11 is 0. The molecule has 8 nitrogen and oxygen atoms in total. The van der Waals surface area contributed by atoms with Gasteiger partial charge in [0.2, 0.25) is 5.91 Å². The fourth-order valence-electron chi connectivity index (χ4n) is 2.92. The van der Waals surface area contributed by atoms with Gasteiger partial charge in [0.15, 0.2) is 11.6 Å². The quantitative estimate of drug-likeness (QED) is 0.881. The summed E-state index contributed by atoms with van der Waals surface area (Å²) in [7, 11) is 0. The molecule has 1 aliphatic rings. The van der Waals surface area contributed by atoms with Crippen molar-refractivity contribution in [1.29, 1.82) is 0 Å². The Labute approximate surface area is 147 Å². The van der Waals surface area contributed by atoms with Crippen molar-refractivity contribution < 1.29 is 9.32 Å². The Bertz CT molecular complexity index is 722. The Hall–Kier alpha value is -2.22. The van der Waals surface area contributed by atoms with Crippen LogP contribution in [0, 0.1) is 12.8 Å². The Morgan fingerprint density at radius 1 is 1.40 bits per heavy atom. The molecule has 2 aromatic rings. The van der Waals surface area contributed by atoms with E-state index in [9.17, 15) is 4.79 Å². The van der Waals surface area contributed by atoms with Crippen molar-refractivity contribution in [2.24, 2.45) is 5.92 Å². The molecule has 0 spiro atoms. The molecule has 0 unspecified atom stereocenters. The van der Waals surface area contributed by atoms with Gasteiger partial charge in [-0.05, 0) is 32.9 Å². The van der Waals surface area contributed by atoms with E-state index in [2.05, 4.69) is 51.3 Å². The molecule has 0 bridgehead atoms. The molecule has 1 amide bonds. The zero-order valence-corrected chi connectivity index (χ0v) is 15.3. The first-order valence-electron chi connectivity index (χ1n) is 8.69. The lowest BCUT2D eigenvalue weighted by molar-refractivity contribution is -0.121. The van der Waals surface area contributed by atoms with Crippen LogP contribution >= 0.6 is 0 Å². The second-order valence-electron chi connectivity index (χ2n) is 7.72. The Morgan fingerprint density at radius 3 is 2.68 bits per heavy atom. The molecule has 1 fully saturated rings. The SMILES string of the molecule is Cc1cc(NC(=O)C2CCN(Cc3nc(C(C)(C)C)n[nH]3)CC2)no1. The minimum Gasteiger partial charge on any atom is -0.360 e. The number of aromatic amines is 1. The van der Waals surface area contributed by atoms with Crippen LogP contribution in [-0.2, 0) is 16.8 Å². The van der Waals surface area contributed by atoms with E-state index in [0.29, 0.717) is 11.6 Å². The van der Waals surface area contributed by atoms with Gasteiger partial charge in [-0.2, -0.15) is 5.10 Å². The number of nitrogens with zero attached hydrogens (tertiary/aromatic N) is 4. The summed E-state index contributed by atoms with van der Waals surface area (Å²) in [6.07, 6.45) is 1.64. The van der Waals surface area contributed by atoms with Crippen LogP contribution in [0.3, 0.4) is 0 Å². The summed E-state index contributed by atoms with van der Waals surface area (Å²) in [5, 5.41) is 14.0. The van der Waals surface area contributed by atoms with Gasteiger partial charge in [-0.1, -0.05) is 25.9 Å². The number of piperidine rings is 1. The van der Waals surface area contributed by atoms with Gasteiger partial charge in [-0.25, -0.2) is 4.98 Å². The van der Waals surface area contributed by atoms with Gasteiger partial charge in [-0.3, -0.25) is 14.8 Å². The van der Waals surface area contributed by atoms with Crippen molar-refractivity contribution in [3.05, 3.63) is 23.5 Å². The minimum atomic E-state index is -0.0562. The molecular formula is C17H26N6O2. The molecule has 1 saturated heterocycles. The fourth-order valence-corrected chi connectivity index (χ4v) is 2.92. The molecular weight excluding hydrogens is 320 g/mol. The molecule has 1 aliphatic heterocycles. The van der Waals surface area contributed by atoms with E-state index in [1.165, 1.54) is 0 Å². The smallest absolute Gasteiger partial charge is 0.228 e. The third kappa shape index (κ3) is 4.45. The van der Waals surface area contributed by atoms with Crippen molar-refractivity contribution in [2.45, 2.75) is 52.5 Å². The van der Waals surface area contributed by atoms with Crippen molar-refractivity contribution in [3.63, 3.8) is 0 Å². The highest BCUT2D eigenvalue weighted by Gasteiger charge is 2.26. The first-order chi connectivity index (χ1) is 11.8. The predicted molar refractivity (Wildman–Crippen MR) is 93.0 cm³/mol. The summed E-state index contributed by atoms with van der Waals surface area (Å²) < 4.78 is 4.97. The molecule has 2 aromatic heterocycles. The number of aryl methyl sites for hydroxylation is 1. The number of hydrogen-bond donors (Lipinski definition) is 2. The van der Waals surface area contributed by atoms with Gasteiger partial charge < -0.3 is 9.84 Å². The average Bonchev–Trinajstić information content (AvgIpc) is 3.17. The molecule has 136 valence electrons. The number of carbonyl (C=O) groups excluding carboxylic acids is 1. The number of rotatable bonds is 4. The van der Waals surface area contributed by atoms with Crippen LogP contribution in [0.4, 0.5) is 5.82 Å². The van der Waals surface area contributed by atoms with E-state index < -0.39 is 0 Å². The molecule has 0 saturated carbocycles. The number of carbonyl (C=O) groups is 1. The van der Waals surface area contributed by atoms with Crippen LogP contribution in [0.1, 0.15) is 51.0 Å². The molecule has 8 heteroatoms. The van der Waals surface area contributed by atoms with Gasteiger partial charge >= 0.3 is 0 Å². The summed E-state index contributed by atoms with van der Waals surface area (Å²) in [6, 6.07) is 1.73. The number of aromatic nitrogens is 4. The lowest BCUT2D eigenvalue weighted by Crippen LogP contribution is -2.38. The minimum absolute atomic E-state index is 0.00752. The summed E-state index contributed by atoms with van der Waals surface area (Å²) in [4.78, 5) is 19.2.